The molecule has 0 aromatic carbocycles. The van der Waals surface area contributed by atoms with E-state index in [2.05, 4.69) is 17.1 Å². The van der Waals surface area contributed by atoms with E-state index in [0.717, 1.165) is 6.67 Å². The predicted octanol–water partition coefficient (Wildman–Crippen LogP) is 0.792. The second kappa shape index (κ2) is 2.21. The summed E-state index contributed by atoms with van der Waals surface area (Å²) in [4.78, 5) is 2.60. The first-order chi connectivity index (χ1) is 4.87. The van der Waals surface area contributed by atoms with Crippen LogP contribution < -0.4 is 5.32 Å². The van der Waals surface area contributed by atoms with E-state index in [-0.39, 0.29) is 0 Å². The van der Waals surface area contributed by atoms with Gasteiger partial charge in [-0.05, 0) is 19.3 Å². The molecule has 2 heterocycles. The lowest BCUT2D eigenvalue weighted by molar-refractivity contribution is 0.200. The van der Waals surface area contributed by atoms with Crippen LogP contribution >= 0.6 is 0 Å². The van der Waals surface area contributed by atoms with E-state index >= 15 is 0 Å². The fraction of sp³-hybridized carbons (Fsp3) is 1.00. The quantitative estimate of drug-likeness (QED) is 0.579. The van der Waals surface area contributed by atoms with Crippen LogP contribution in [0.4, 0.5) is 0 Å². The third kappa shape index (κ3) is 0.722. The zero-order valence-electron chi connectivity index (χ0n) is 6.69. The van der Waals surface area contributed by atoms with E-state index in [1.807, 2.05) is 0 Å². The van der Waals surface area contributed by atoms with Crippen molar-refractivity contribution in [3.63, 3.8) is 0 Å². The summed E-state index contributed by atoms with van der Waals surface area (Å²) in [5, 5.41) is 3.44. The lowest BCUT2D eigenvalue weighted by Crippen LogP contribution is -2.39. The normalized spacial score (nSPS) is 40.5. The van der Waals surface area contributed by atoms with Gasteiger partial charge in [0.15, 0.2) is 0 Å². The van der Waals surface area contributed by atoms with Crippen LogP contribution in [0.25, 0.3) is 0 Å². The number of rotatable bonds is 1. The van der Waals surface area contributed by atoms with Crippen molar-refractivity contribution >= 4 is 0 Å². The van der Waals surface area contributed by atoms with Crippen molar-refractivity contribution < 1.29 is 0 Å². The second-order valence-corrected chi connectivity index (χ2v) is 3.53. The first kappa shape index (κ1) is 6.62. The summed E-state index contributed by atoms with van der Waals surface area (Å²) in [5.74, 6) is 0. The Balaban J connectivity index is 2.15. The molecule has 1 unspecified atom stereocenters. The third-order valence-corrected chi connectivity index (χ3v) is 3.16. The Morgan fingerprint density at radius 3 is 3.20 bits per heavy atom. The molecule has 0 aliphatic carbocycles. The highest BCUT2D eigenvalue weighted by Gasteiger charge is 2.42. The molecule has 0 bridgehead atoms. The molecule has 2 saturated heterocycles. The van der Waals surface area contributed by atoms with Gasteiger partial charge in [-0.25, -0.2) is 0 Å². The fourth-order valence-corrected chi connectivity index (χ4v) is 2.39. The molecule has 0 amide bonds. The van der Waals surface area contributed by atoms with E-state index in [0.29, 0.717) is 5.54 Å². The molecule has 2 aliphatic rings. The zero-order chi connectivity index (χ0) is 7.03. The molecule has 0 saturated carbocycles. The number of hydrogen-bond donors (Lipinski definition) is 1. The van der Waals surface area contributed by atoms with E-state index in [1.165, 1.54) is 32.4 Å². The summed E-state index contributed by atoms with van der Waals surface area (Å²) < 4.78 is 0. The summed E-state index contributed by atoms with van der Waals surface area (Å²) in [6.45, 7) is 5.99. The van der Waals surface area contributed by atoms with Gasteiger partial charge in [0.05, 0.1) is 0 Å². The van der Waals surface area contributed by atoms with Crippen molar-refractivity contribution in [1.82, 2.24) is 10.2 Å². The molecule has 2 nitrogen and oxygen atoms in total. The van der Waals surface area contributed by atoms with Crippen LogP contribution in [0.5, 0.6) is 0 Å². The van der Waals surface area contributed by atoms with E-state index in [9.17, 15) is 0 Å². The van der Waals surface area contributed by atoms with Gasteiger partial charge in [0.25, 0.3) is 0 Å². The maximum Gasteiger partial charge on any atom is 0.0486 e. The number of fused-ring (bicyclic) bond motifs is 1. The molecular formula is C8H16N2. The Hall–Kier alpha value is -0.0800. The molecule has 2 rings (SSSR count). The summed E-state index contributed by atoms with van der Waals surface area (Å²) in [7, 11) is 0. The standard InChI is InChI=1S/C8H16N2/c1-2-8-4-3-5-10(8)7-9-6-8/h9H,2-7H2,1H3. The first-order valence-corrected chi connectivity index (χ1v) is 4.33. The Bertz CT molecular complexity index is 123. The van der Waals surface area contributed by atoms with Crippen molar-refractivity contribution in [2.24, 2.45) is 0 Å². The smallest absolute Gasteiger partial charge is 0.0486 e. The Morgan fingerprint density at radius 2 is 2.50 bits per heavy atom. The van der Waals surface area contributed by atoms with E-state index < -0.39 is 0 Å². The zero-order valence-corrected chi connectivity index (χ0v) is 6.69. The highest BCUT2D eigenvalue weighted by atomic mass is 15.4. The van der Waals surface area contributed by atoms with Crippen LogP contribution in [-0.2, 0) is 0 Å². The van der Waals surface area contributed by atoms with Crippen LogP contribution in [0.3, 0.4) is 0 Å². The molecule has 2 aliphatic heterocycles. The molecule has 0 aromatic heterocycles. The molecule has 2 fully saturated rings. The lowest BCUT2D eigenvalue weighted by atomic mass is 9.94. The largest absolute Gasteiger partial charge is 0.302 e. The highest BCUT2D eigenvalue weighted by Crippen LogP contribution is 2.33. The molecule has 2 heteroatoms. The maximum absolute atomic E-state index is 3.44. The number of nitrogens with zero attached hydrogens (tertiary/aromatic N) is 1. The van der Waals surface area contributed by atoms with Crippen LogP contribution in [0.1, 0.15) is 26.2 Å². The van der Waals surface area contributed by atoms with Crippen LogP contribution in [0, 0.1) is 0 Å². The van der Waals surface area contributed by atoms with Crippen LogP contribution in [0.2, 0.25) is 0 Å². The summed E-state index contributed by atoms with van der Waals surface area (Å²) in [6.07, 6.45) is 4.14. The second-order valence-electron chi connectivity index (χ2n) is 3.53. The van der Waals surface area contributed by atoms with Gasteiger partial charge >= 0.3 is 0 Å². The molecule has 0 radical (unpaired) electrons. The molecule has 0 aromatic rings. The minimum absolute atomic E-state index is 0.569. The van der Waals surface area contributed by atoms with Gasteiger partial charge in [-0.15, -0.1) is 0 Å². The fourth-order valence-electron chi connectivity index (χ4n) is 2.39. The average molecular weight is 140 g/mol. The van der Waals surface area contributed by atoms with Crippen LogP contribution in [0.15, 0.2) is 0 Å². The predicted molar refractivity (Wildman–Crippen MR) is 41.8 cm³/mol. The highest BCUT2D eigenvalue weighted by molar-refractivity contribution is 4.99. The Labute approximate surface area is 62.6 Å². The molecule has 10 heavy (non-hydrogen) atoms. The molecule has 1 atom stereocenters. The lowest BCUT2D eigenvalue weighted by Gasteiger charge is -2.29. The summed E-state index contributed by atoms with van der Waals surface area (Å²) >= 11 is 0. The van der Waals surface area contributed by atoms with Gasteiger partial charge in [-0.1, -0.05) is 6.92 Å². The Kier molecular flexibility index (Phi) is 1.46. The number of nitrogens with one attached hydrogen (secondary N) is 1. The summed E-state index contributed by atoms with van der Waals surface area (Å²) in [5.41, 5.74) is 0.569. The van der Waals surface area contributed by atoms with Crippen molar-refractivity contribution in [3.8, 4) is 0 Å². The monoisotopic (exact) mass is 140 g/mol. The molecule has 0 spiro atoms. The molecule has 58 valence electrons. The van der Waals surface area contributed by atoms with Gasteiger partial charge in [0.1, 0.15) is 0 Å². The van der Waals surface area contributed by atoms with Crippen LogP contribution in [-0.4, -0.2) is 30.2 Å². The van der Waals surface area contributed by atoms with Gasteiger partial charge in [0.2, 0.25) is 0 Å². The van der Waals surface area contributed by atoms with Gasteiger partial charge < -0.3 is 5.32 Å². The SMILES string of the molecule is CCC12CCCN1CNC2. The Morgan fingerprint density at radius 1 is 1.60 bits per heavy atom. The van der Waals surface area contributed by atoms with Gasteiger partial charge in [-0.3, -0.25) is 4.90 Å². The van der Waals surface area contributed by atoms with E-state index in [4.69, 9.17) is 0 Å². The molecule has 1 N–H and O–H groups in total. The van der Waals surface area contributed by atoms with E-state index in [1.54, 1.807) is 0 Å². The topological polar surface area (TPSA) is 15.3 Å². The van der Waals surface area contributed by atoms with Crippen molar-refractivity contribution in [2.75, 3.05) is 19.8 Å². The van der Waals surface area contributed by atoms with Crippen molar-refractivity contribution in [1.29, 1.82) is 0 Å². The number of hydrogen-bond acceptors (Lipinski definition) is 2. The average Bonchev–Trinajstić information content (AvgIpc) is 2.42. The first-order valence-electron chi connectivity index (χ1n) is 4.33. The van der Waals surface area contributed by atoms with Gasteiger partial charge in [0, 0.05) is 25.3 Å². The third-order valence-electron chi connectivity index (χ3n) is 3.16. The van der Waals surface area contributed by atoms with Gasteiger partial charge in [-0.2, -0.15) is 0 Å². The summed E-state index contributed by atoms with van der Waals surface area (Å²) in [6, 6.07) is 0. The minimum atomic E-state index is 0.569. The minimum Gasteiger partial charge on any atom is -0.302 e. The van der Waals surface area contributed by atoms with Crippen molar-refractivity contribution in [3.05, 3.63) is 0 Å². The maximum atomic E-state index is 3.44. The van der Waals surface area contributed by atoms with Crippen molar-refractivity contribution in [2.45, 2.75) is 31.7 Å². The molecular weight excluding hydrogens is 124 g/mol.